The molecule has 1 unspecified atom stereocenters. The first-order valence-electron chi connectivity index (χ1n) is 8.57. The maximum absolute atomic E-state index is 6.01. The second-order valence-electron chi connectivity index (χ2n) is 6.75. The largest absolute Gasteiger partial charge is 0.296 e. The SMILES string of the molecule is NNC(CCc1ccsc1)C1(N2CCCCC2)CCCC1. The van der Waals surface area contributed by atoms with E-state index < -0.39 is 0 Å². The molecule has 1 saturated heterocycles. The zero-order chi connectivity index (χ0) is 14.5. The van der Waals surface area contributed by atoms with Crippen LogP contribution in [0.3, 0.4) is 0 Å². The summed E-state index contributed by atoms with van der Waals surface area (Å²) in [5.74, 6) is 6.01. The van der Waals surface area contributed by atoms with Gasteiger partial charge in [-0.05, 0) is 74.0 Å². The molecule has 0 bridgehead atoms. The lowest BCUT2D eigenvalue weighted by atomic mass is 9.82. The molecule has 21 heavy (non-hydrogen) atoms. The molecule has 1 aromatic heterocycles. The van der Waals surface area contributed by atoms with Crippen LogP contribution in [0.4, 0.5) is 0 Å². The molecule has 2 aliphatic rings. The van der Waals surface area contributed by atoms with Crippen molar-refractivity contribution in [1.29, 1.82) is 0 Å². The molecule has 1 aliphatic heterocycles. The second-order valence-corrected chi connectivity index (χ2v) is 7.53. The summed E-state index contributed by atoms with van der Waals surface area (Å²) < 4.78 is 0. The molecule has 4 heteroatoms. The molecule has 3 nitrogen and oxygen atoms in total. The van der Waals surface area contributed by atoms with Gasteiger partial charge in [0.1, 0.15) is 0 Å². The van der Waals surface area contributed by atoms with Gasteiger partial charge in [0.15, 0.2) is 0 Å². The lowest BCUT2D eigenvalue weighted by molar-refractivity contribution is 0.0340. The summed E-state index contributed by atoms with van der Waals surface area (Å²) in [6.45, 7) is 2.55. The van der Waals surface area contributed by atoms with Crippen LogP contribution in [0, 0.1) is 0 Å². The van der Waals surface area contributed by atoms with Crippen molar-refractivity contribution in [2.24, 2.45) is 5.84 Å². The van der Waals surface area contributed by atoms with E-state index in [1.54, 1.807) is 11.3 Å². The van der Waals surface area contributed by atoms with Crippen molar-refractivity contribution in [3.05, 3.63) is 22.4 Å². The van der Waals surface area contributed by atoms with E-state index >= 15 is 0 Å². The van der Waals surface area contributed by atoms with Crippen molar-refractivity contribution in [1.82, 2.24) is 10.3 Å². The van der Waals surface area contributed by atoms with Crippen LogP contribution in [0.5, 0.6) is 0 Å². The number of nitrogens with zero attached hydrogens (tertiary/aromatic N) is 1. The topological polar surface area (TPSA) is 41.3 Å². The van der Waals surface area contributed by atoms with Crippen LogP contribution < -0.4 is 11.3 Å². The quantitative estimate of drug-likeness (QED) is 0.626. The van der Waals surface area contributed by atoms with Gasteiger partial charge in [-0.2, -0.15) is 11.3 Å². The first kappa shape index (κ1) is 15.5. The monoisotopic (exact) mass is 307 g/mol. The minimum absolute atomic E-state index is 0.325. The van der Waals surface area contributed by atoms with E-state index in [0.29, 0.717) is 11.6 Å². The van der Waals surface area contributed by atoms with Crippen molar-refractivity contribution in [3.8, 4) is 0 Å². The van der Waals surface area contributed by atoms with E-state index in [2.05, 4.69) is 27.2 Å². The molecule has 2 heterocycles. The third-order valence-electron chi connectivity index (χ3n) is 5.61. The van der Waals surface area contributed by atoms with Crippen LogP contribution in [-0.2, 0) is 6.42 Å². The molecule has 3 rings (SSSR count). The van der Waals surface area contributed by atoms with E-state index in [4.69, 9.17) is 5.84 Å². The van der Waals surface area contributed by atoms with E-state index in [1.165, 1.54) is 63.6 Å². The number of aryl methyl sites for hydroxylation is 1. The molecule has 118 valence electrons. The number of hydrazine groups is 1. The van der Waals surface area contributed by atoms with Gasteiger partial charge >= 0.3 is 0 Å². The van der Waals surface area contributed by atoms with E-state index in [0.717, 1.165) is 12.8 Å². The molecule has 0 amide bonds. The predicted octanol–water partition coefficient (Wildman–Crippen LogP) is 3.31. The van der Waals surface area contributed by atoms with Gasteiger partial charge in [0.05, 0.1) is 0 Å². The minimum atomic E-state index is 0.325. The van der Waals surface area contributed by atoms with E-state index in [1.807, 2.05) is 0 Å². The van der Waals surface area contributed by atoms with Crippen LogP contribution in [0.1, 0.15) is 56.9 Å². The summed E-state index contributed by atoms with van der Waals surface area (Å²) in [6.07, 6.45) is 11.8. The summed E-state index contributed by atoms with van der Waals surface area (Å²) in [7, 11) is 0. The van der Waals surface area contributed by atoms with E-state index in [-0.39, 0.29) is 0 Å². The highest BCUT2D eigenvalue weighted by atomic mass is 32.1. The number of nitrogens with one attached hydrogen (secondary N) is 1. The van der Waals surface area contributed by atoms with Gasteiger partial charge in [0.25, 0.3) is 0 Å². The van der Waals surface area contributed by atoms with Gasteiger partial charge in [0, 0.05) is 11.6 Å². The Kier molecular flexibility index (Phi) is 5.33. The lowest BCUT2D eigenvalue weighted by Crippen LogP contribution is -2.62. The maximum Gasteiger partial charge on any atom is 0.0397 e. The fourth-order valence-corrected chi connectivity index (χ4v) is 5.17. The first-order valence-corrected chi connectivity index (χ1v) is 9.52. The highest BCUT2D eigenvalue weighted by Gasteiger charge is 2.45. The van der Waals surface area contributed by atoms with Crippen molar-refractivity contribution in [2.75, 3.05) is 13.1 Å². The molecule has 1 aromatic rings. The minimum Gasteiger partial charge on any atom is -0.296 e. The summed E-state index contributed by atoms with van der Waals surface area (Å²) in [4.78, 5) is 2.78. The molecule has 2 fully saturated rings. The Morgan fingerprint density at radius 3 is 2.57 bits per heavy atom. The van der Waals surface area contributed by atoms with Crippen molar-refractivity contribution < 1.29 is 0 Å². The predicted molar refractivity (Wildman–Crippen MR) is 90.4 cm³/mol. The number of hydrogen-bond acceptors (Lipinski definition) is 4. The Morgan fingerprint density at radius 1 is 1.19 bits per heavy atom. The van der Waals surface area contributed by atoms with Gasteiger partial charge in [0.2, 0.25) is 0 Å². The Labute approximate surface area is 132 Å². The van der Waals surface area contributed by atoms with Crippen molar-refractivity contribution in [2.45, 2.75) is 69.4 Å². The summed E-state index contributed by atoms with van der Waals surface area (Å²) in [6, 6.07) is 2.68. The maximum atomic E-state index is 6.01. The van der Waals surface area contributed by atoms with Crippen molar-refractivity contribution >= 4 is 11.3 Å². The van der Waals surface area contributed by atoms with Gasteiger partial charge in [-0.3, -0.25) is 16.2 Å². The van der Waals surface area contributed by atoms with Crippen LogP contribution in [0.25, 0.3) is 0 Å². The fraction of sp³-hybridized carbons (Fsp3) is 0.765. The Bertz CT molecular complexity index is 406. The molecule has 3 N–H and O–H groups in total. The highest BCUT2D eigenvalue weighted by molar-refractivity contribution is 7.07. The number of hydrogen-bond donors (Lipinski definition) is 2. The van der Waals surface area contributed by atoms with Gasteiger partial charge in [-0.15, -0.1) is 0 Å². The molecule has 1 atom stereocenters. The number of nitrogens with two attached hydrogens (primary N) is 1. The van der Waals surface area contributed by atoms with Crippen LogP contribution in [-0.4, -0.2) is 29.6 Å². The molecule has 1 saturated carbocycles. The number of likely N-dealkylation sites (tertiary alicyclic amines) is 1. The summed E-state index contributed by atoms with van der Waals surface area (Å²) in [5, 5.41) is 4.45. The zero-order valence-corrected chi connectivity index (χ0v) is 13.8. The third kappa shape index (κ3) is 3.34. The summed E-state index contributed by atoms with van der Waals surface area (Å²) in [5.41, 5.74) is 5.00. The smallest absolute Gasteiger partial charge is 0.0397 e. The Morgan fingerprint density at radius 2 is 1.95 bits per heavy atom. The molecule has 0 aromatic carbocycles. The first-order chi connectivity index (χ1) is 10.3. The Hall–Kier alpha value is -0.420. The molecular formula is C17H29N3S. The van der Waals surface area contributed by atoms with E-state index in [9.17, 15) is 0 Å². The van der Waals surface area contributed by atoms with Gasteiger partial charge in [-0.25, -0.2) is 0 Å². The Balaban J connectivity index is 1.70. The summed E-state index contributed by atoms with van der Waals surface area (Å²) >= 11 is 1.80. The average molecular weight is 308 g/mol. The van der Waals surface area contributed by atoms with Gasteiger partial charge < -0.3 is 0 Å². The standard InChI is InChI=1S/C17H29N3S/c18-19-16(7-6-15-8-13-21-14-15)17(9-2-3-10-17)20-11-4-1-5-12-20/h8,13-14,16,19H,1-7,9-12,18H2. The molecular weight excluding hydrogens is 278 g/mol. The van der Waals surface area contributed by atoms with Gasteiger partial charge in [-0.1, -0.05) is 19.3 Å². The number of piperidine rings is 1. The van der Waals surface area contributed by atoms with Crippen LogP contribution in [0.15, 0.2) is 16.8 Å². The molecule has 0 radical (unpaired) electrons. The van der Waals surface area contributed by atoms with Crippen LogP contribution >= 0.6 is 11.3 Å². The normalized spacial score (nSPS) is 24.2. The van der Waals surface area contributed by atoms with Crippen molar-refractivity contribution in [3.63, 3.8) is 0 Å². The highest BCUT2D eigenvalue weighted by Crippen LogP contribution is 2.40. The number of rotatable bonds is 6. The molecule has 1 aliphatic carbocycles. The number of thiophene rings is 1. The fourth-order valence-electron chi connectivity index (χ4n) is 4.46. The lowest BCUT2D eigenvalue weighted by Gasteiger charge is -2.48. The third-order valence-corrected chi connectivity index (χ3v) is 6.34. The molecule has 0 spiro atoms. The second kappa shape index (κ2) is 7.23. The zero-order valence-electron chi connectivity index (χ0n) is 13.0. The van der Waals surface area contributed by atoms with Crippen LogP contribution in [0.2, 0.25) is 0 Å². The average Bonchev–Trinajstić information content (AvgIpc) is 3.21.